The summed E-state index contributed by atoms with van der Waals surface area (Å²) in [5.74, 6) is -0.573. The molecule has 0 aliphatic carbocycles. The molecule has 2 aromatic carbocycles. The Hall–Kier alpha value is -3.42. The van der Waals surface area contributed by atoms with Crippen LogP contribution in [0.2, 0.25) is 0 Å². The van der Waals surface area contributed by atoms with E-state index in [9.17, 15) is 9.59 Å². The van der Waals surface area contributed by atoms with E-state index in [0.717, 1.165) is 11.3 Å². The summed E-state index contributed by atoms with van der Waals surface area (Å²) in [7, 11) is 0. The van der Waals surface area contributed by atoms with E-state index in [0.29, 0.717) is 25.9 Å². The lowest BCUT2D eigenvalue weighted by Gasteiger charge is -2.36. The van der Waals surface area contributed by atoms with Crippen molar-refractivity contribution in [2.24, 2.45) is 10.7 Å². The molecule has 0 saturated heterocycles. The molecule has 0 spiro atoms. The van der Waals surface area contributed by atoms with E-state index >= 15 is 4.39 Å². The van der Waals surface area contributed by atoms with Crippen LogP contribution in [0.25, 0.3) is 0 Å². The van der Waals surface area contributed by atoms with Gasteiger partial charge in [0, 0.05) is 17.5 Å². The number of aliphatic imine (C=N–C) groups is 1. The molecule has 174 valence electrons. The molecule has 7 nitrogen and oxygen atoms in total. The molecule has 0 unspecified atom stereocenters. The van der Waals surface area contributed by atoms with Gasteiger partial charge in [0.2, 0.25) is 5.91 Å². The number of rotatable bonds is 6. The van der Waals surface area contributed by atoms with Gasteiger partial charge in [-0.15, -0.1) is 0 Å². The predicted octanol–water partition coefficient (Wildman–Crippen LogP) is 3.69. The van der Waals surface area contributed by atoms with Crippen LogP contribution in [0.1, 0.15) is 67.1 Å². The number of nitrogens with zero attached hydrogens (tertiary/aromatic N) is 2. The minimum Gasteiger partial charge on any atom is -0.493 e. The average molecular weight is 453 g/mol. The lowest BCUT2D eigenvalue weighted by molar-refractivity contribution is -0.130. The summed E-state index contributed by atoms with van der Waals surface area (Å²) in [6.07, 6.45) is 2.22. The molecule has 33 heavy (non-hydrogen) atoms. The highest BCUT2D eigenvalue weighted by Crippen LogP contribution is 2.32. The fourth-order valence-corrected chi connectivity index (χ4v) is 4.45. The molecule has 0 saturated carbocycles. The summed E-state index contributed by atoms with van der Waals surface area (Å²) in [6, 6.07) is 11.8. The first-order chi connectivity index (χ1) is 15.9. The van der Waals surface area contributed by atoms with E-state index in [1.54, 1.807) is 12.1 Å². The van der Waals surface area contributed by atoms with Crippen molar-refractivity contribution < 1.29 is 18.7 Å². The van der Waals surface area contributed by atoms with Crippen molar-refractivity contribution in [2.75, 3.05) is 6.61 Å². The number of ether oxygens (including phenoxy) is 1. The number of nitrogens with two attached hydrogens (primary N) is 1. The summed E-state index contributed by atoms with van der Waals surface area (Å²) < 4.78 is 21.0. The summed E-state index contributed by atoms with van der Waals surface area (Å²) in [4.78, 5) is 31.6. The van der Waals surface area contributed by atoms with Crippen LogP contribution in [0.3, 0.4) is 0 Å². The summed E-state index contributed by atoms with van der Waals surface area (Å²) in [5, 5.41) is 2.92. The Balaban J connectivity index is 1.54. The van der Waals surface area contributed by atoms with Gasteiger partial charge >= 0.3 is 0 Å². The van der Waals surface area contributed by atoms with Crippen LogP contribution in [0.4, 0.5) is 4.39 Å². The van der Waals surface area contributed by atoms with E-state index in [-0.39, 0.29) is 42.0 Å². The van der Waals surface area contributed by atoms with Gasteiger partial charge in [0.25, 0.3) is 5.91 Å². The largest absolute Gasteiger partial charge is 0.493 e. The van der Waals surface area contributed by atoms with Gasteiger partial charge in [-0.1, -0.05) is 44.2 Å². The first kappa shape index (κ1) is 22.8. The number of hydrogen-bond acceptors (Lipinski definition) is 5. The molecule has 0 radical (unpaired) electrons. The first-order valence-electron chi connectivity index (χ1n) is 11.3. The van der Waals surface area contributed by atoms with Crippen molar-refractivity contribution in [3.63, 3.8) is 0 Å². The number of carbonyl (C=O) groups excluding carboxylic acids is 2. The highest BCUT2D eigenvalue weighted by Gasteiger charge is 2.37. The number of fused-ring (bicyclic) bond motifs is 1. The van der Waals surface area contributed by atoms with Gasteiger partial charge in [-0.25, -0.2) is 9.38 Å². The molecular weight excluding hydrogens is 423 g/mol. The maximum absolute atomic E-state index is 15.4. The summed E-state index contributed by atoms with van der Waals surface area (Å²) >= 11 is 0. The number of guanidine groups is 1. The quantitative estimate of drug-likeness (QED) is 0.699. The smallest absolute Gasteiger partial charge is 0.254 e. The Labute approximate surface area is 192 Å². The second kappa shape index (κ2) is 9.21. The third-order valence-corrected chi connectivity index (χ3v) is 6.64. The predicted molar refractivity (Wildman–Crippen MR) is 123 cm³/mol. The Bertz CT molecular complexity index is 1100. The second-order valence-electron chi connectivity index (χ2n) is 8.54. The monoisotopic (exact) mass is 452 g/mol. The van der Waals surface area contributed by atoms with E-state index in [1.807, 2.05) is 38.1 Å². The lowest BCUT2D eigenvalue weighted by Crippen LogP contribution is -2.50. The van der Waals surface area contributed by atoms with Gasteiger partial charge in [-0.3, -0.25) is 14.5 Å². The van der Waals surface area contributed by atoms with Crippen molar-refractivity contribution in [1.29, 1.82) is 0 Å². The van der Waals surface area contributed by atoms with Crippen LogP contribution < -0.4 is 15.8 Å². The maximum Gasteiger partial charge on any atom is 0.254 e. The number of nitrogens with one attached hydrogen (secondary N) is 1. The minimum atomic E-state index is -0.668. The number of benzene rings is 2. The molecule has 2 heterocycles. The van der Waals surface area contributed by atoms with Gasteiger partial charge in [0.05, 0.1) is 36.7 Å². The zero-order valence-corrected chi connectivity index (χ0v) is 18.9. The van der Waals surface area contributed by atoms with Crippen LogP contribution in [0.15, 0.2) is 47.5 Å². The molecular formula is C25H29FN4O3. The zero-order valence-electron chi connectivity index (χ0n) is 18.9. The maximum atomic E-state index is 15.4. The van der Waals surface area contributed by atoms with Gasteiger partial charge < -0.3 is 15.8 Å². The SMILES string of the molecule is CCC1(CC)CC(=O)N(Cc2cccc(C(=O)N[C@H]3CCOc4ccccc43)c2F)C(N)=N1. The molecule has 1 atom stereocenters. The van der Waals surface area contributed by atoms with Crippen molar-refractivity contribution in [1.82, 2.24) is 10.2 Å². The number of halogens is 1. The molecule has 0 aromatic heterocycles. The molecule has 4 rings (SSSR count). The average Bonchev–Trinajstić information content (AvgIpc) is 2.82. The van der Waals surface area contributed by atoms with Gasteiger partial charge in [-0.05, 0) is 25.0 Å². The fraction of sp³-hybridized carbons (Fsp3) is 0.400. The normalized spacial score (nSPS) is 19.4. The third kappa shape index (κ3) is 4.42. The Morgan fingerprint density at radius 2 is 2.00 bits per heavy atom. The highest BCUT2D eigenvalue weighted by atomic mass is 19.1. The molecule has 2 aliphatic rings. The number of amides is 2. The van der Waals surface area contributed by atoms with Crippen molar-refractivity contribution in [3.05, 3.63) is 65.0 Å². The van der Waals surface area contributed by atoms with Crippen molar-refractivity contribution >= 4 is 17.8 Å². The van der Waals surface area contributed by atoms with E-state index in [1.165, 1.54) is 11.0 Å². The van der Waals surface area contributed by atoms with Gasteiger partial charge in [0.1, 0.15) is 11.6 Å². The Kier molecular flexibility index (Phi) is 6.35. The first-order valence-corrected chi connectivity index (χ1v) is 11.3. The van der Waals surface area contributed by atoms with Gasteiger partial charge in [0.15, 0.2) is 5.96 Å². The lowest BCUT2D eigenvalue weighted by atomic mass is 9.88. The fourth-order valence-electron chi connectivity index (χ4n) is 4.45. The minimum absolute atomic E-state index is 0.0760. The van der Waals surface area contributed by atoms with E-state index in [4.69, 9.17) is 10.5 Å². The van der Waals surface area contributed by atoms with Crippen LogP contribution in [-0.2, 0) is 11.3 Å². The van der Waals surface area contributed by atoms with Gasteiger partial charge in [-0.2, -0.15) is 0 Å². The Morgan fingerprint density at radius 3 is 2.73 bits per heavy atom. The topological polar surface area (TPSA) is 97.0 Å². The van der Waals surface area contributed by atoms with Crippen LogP contribution in [0.5, 0.6) is 5.75 Å². The van der Waals surface area contributed by atoms with Crippen LogP contribution in [0, 0.1) is 5.82 Å². The third-order valence-electron chi connectivity index (χ3n) is 6.64. The molecule has 0 bridgehead atoms. The van der Waals surface area contributed by atoms with E-state index in [2.05, 4.69) is 10.3 Å². The van der Waals surface area contributed by atoms with Crippen molar-refractivity contribution in [2.45, 2.75) is 57.7 Å². The molecule has 0 fully saturated rings. The zero-order chi connectivity index (χ0) is 23.6. The van der Waals surface area contributed by atoms with E-state index < -0.39 is 17.3 Å². The number of carbonyl (C=O) groups is 2. The van der Waals surface area contributed by atoms with Crippen LogP contribution in [-0.4, -0.2) is 34.8 Å². The summed E-state index contributed by atoms with van der Waals surface area (Å²) in [5.41, 5.74) is 6.60. The second-order valence-corrected chi connectivity index (χ2v) is 8.54. The molecule has 2 amide bonds. The highest BCUT2D eigenvalue weighted by molar-refractivity contribution is 5.99. The molecule has 2 aliphatic heterocycles. The summed E-state index contributed by atoms with van der Waals surface area (Å²) in [6.45, 7) is 4.34. The number of hydrogen-bond donors (Lipinski definition) is 2. The molecule has 8 heteroatoms. The molecule has 3 N–H and O–H groups in total. The molecule has 2 aromatic rings. The standard InChI is InChI=1S/C25H29FN4O3/c1-3-25(4-2)14-21(31)30(24(27)29-25)15-16-8-7-10-18(22(16)26)23(32)28-19-12-13-33-20-11-6-5-9-17(19)20/h5-11,19H,3-4,12-15H2,1-2H3,(H2,27,29)(H,28,32)/t19-/m0/s1. The number of para-hydroxylation sites is 1. The van der Waals surface area contributed by atoms with Crippen molar-refractivity contribution in [3.8, 4) is 5.75 Å². The van der Waals surface area contributed by atoms with Crippen LogP contribution >= 0.6 is 0 Å². The Morgan fingerprint density at radius 1 is 1.24 bits per heavy atom.